The highest BCUT2D eigenvalue weighted by atomic mass is 32.2. The number of para-hydroxylation sites is 1. The Hall–Kier alpha value is -4.62. The van der Waals surface area contributed by atoms with Crippen molar-refractivity contribution < 1.29 is 41.6 Å². The fourth-order valence-corrected chi connectivity index (χ4v) is 6.15. The Balaban J connectivity index is 1.17. The third-order valence-corrected chi connectivity index (χ3v) is 9.00. The lowest BCUT2D eigenvalue weighted by molar-refractivity contribution is -0.684. The molecule has 0 spiro atoms. The van der Waals surface area contributed by atoms with Crippen LogP contribution in [0.4, 0.5) is 5.82 Å². The highest BCUT2D eigenvalue weighted by Crippen LogP contribution is 2.38. The second-order valence-corrected chi connectivity index (χ2v) is 13.6. The van der Waals surface area contributed by atoms with E-state index in [1.54, 1.807) is 5.06 Å². The lowest BCUT2D eigenvalue weighted by Crippen LogP contribution is -2.35. The Morgan fingerprint density at radius 1 is 1.04 bits per heavy atom. The predicted molar refractivity (Wildman–Crippen MR) is 173 cm³/mol. The van der Waals surface area contributed by atoms with Gasteiger partial charge in [-0.05, 0) is 80.9 Å². The first-order valence-electron chi connectivity index (χ1n) is 15.7. The summed E-state index contributed by atoms with van der Waals surface area (Å²) in [5, 5.41) is 2.22. The van der Waals surface area contributed by atoms with Crippen LogP contribution < -0.4 is 9.40 Å². The van der Waals surface area contributed by atoms with Crippen molar-refractivity contribution in [3.63, 3.8) is 0 Å². The van der Waals surface area contributed by atoms with E-state index in [-0.39, 0.29) is 36.9 Å². The number of aromatic nitrogens is 1. The van der Waals surface area contributed by atoms with Crippen molar-refractivity contribution in [1.29, 1.82) is 0 Å². The van der Waals surface area contributed by atoms with Gasteiger partial charge in [0.1, 0.15) is 0 Å². The molecule has 248 valence electrons. The summed E-state index contributed by atoms with van der Waals surface area (Å²) in [5.41, 5.74) is 3.41. The lowest BCUT2D eigenvalue weighted by Gasteiger charge is -2.17. The van der Waals surface area contributed by atoms with Gasteiger partial charge in [-0.3, -0.25) is 14.1 Å². The standard InChI is InChI=1S/C34H38N4O8S/c1-34(2)26-14-11-22-36(21-10-4-7-18-32(41)46-38-30(39)19-20-31(38)40)33(26)35-29(34)17-6-3-5-15-27-25-13-8-9-16-28(25)45-37(27)23-12-24-47(42,43)44/h3,5-6,8-9,11,13-17,22H,4,7,10,12,18-21,23-24H2,1-2H3/p+1. The molecule has 5 rings (SSSR count). The number of unbranched alkanes of at least 4 members (excludes halogenated alkanes) is 2. The van der Waals surface area contributed by atoms with E-state index >= 15 is 0 Å². The van der Waals surface area contributed by atoms with Crippen LogP contribution in [0.1, 0.15) is 69.9 Å². The molecular weight excluding hydrogens is 624 g/mol. The molecule has 1 fully saturated rings. The van der Waals surface area contributed by atoms with Gasteiger partial charge in [-0.1, -0.05) is 30.4 Å². The van der Waals surface area contributed by atoms with Gasteiger partial charge >= 0.3 is 11.8 Å². The third kappa shape index (κ3) is 8.22. The first-order valence-corrected chi connectivity index (χ1v) is 17.3. The minimum Gasteiger partial charge on any atom is -0.379 e. The number of rotatable bonds is 14. The molecule has 3 aliphatic rings. The molecule has 12 nitrogen and oxygen atoms in total. The van der Waals surface area contributed by atoms with Gasteiger partial charge in [0, 0.05) is 24.8 Å². The van der Waals surface area contributed by atoms with Crippen LogP contribution in [0.3, 0.4) is 0 Å². The van der Waals surface area contributed by atoms with Crippen LogP contribution in [0.15, 0.2) is 78.0 Å². The van der Waals surface area contributed by atoms with E-state index in [1.165, 1.54) is 0 Å². The zero-order valence-corrected chi connectivity index (χ0v) is 27.3. The second kappa shape index (κ2) is 14.4. The zero-order valence-electron chi connectivity index (χ0n) is 26.5. The van der Waals surface area contributed by atoms with Gasteiger partial charge in [-0.25, -0.2) is 14.4 Å². The van der Waals surface area contributed by atoms with E-state index in [1.807, 2.05) is 66.9 Å². The number of hydrogen-bond donors (Lipinski definition) is 1. The van der Waals surface area contributed by atoms with E-state index in [4.69, 9.17) is 19.2 Å². The van der Waals surface area contributed by atoms with Crippen molar-refractivity contribution >= 4 is 45.1 Å². The number of fused-ring (bicyclic) bond motifs is 2. The normalized spacial score (nSPS) is 17.9. The fourth-order valence-electron chi connectivity index (χ4n) is 5.65. The topological polar surface area (TPSA) is 147 Å². The maximum atomic E-state index is 12.1. The number of imide groups is 1. The zero-order chi connectivity index (χ0) is 33.6. The lowest BCUT2D eigenvalue weighted by atomic mass is 9.82. The summed E-state index contributed by atoms with van der Waals surface area (Å²) in [5.74, 6) is -0.307. The number of aliphatic imine (C=N–C) groups is 1. The summed E-state index contributed by atoms with van der Waals surface area (Å²) >= 11 is 0. The minimum atomic E-state index is -4.05. The maximum Gasteiger partial charge on any atom is 0.333 e. The van der Waals surface area contributed by atoms with Crippen LogP contribution in [0.25, 0.3) is 5.70 Å². The smallest absolute Gasteiger partial charge is 0.333 e. The monoisotopic (exact) mass is 663 g/mol. The van der Waals surface area contributed by atoms with Crippen LogP contribution in [0.2, 0.25) is 0 Å². The van der Waals surface area contributed by atoms with E-state index in [9.17, 15) is 22.8 Å². The second-order valence-electron chi connectivity index (χ2n) is 12.0. The molecule has 0 radical (unpaired) electrons. The molecule has 0 aliphatic carbocycles. The van der Waals surface area contributed by atoms with Gasteiger partial charge in [0.25, 0.3) is 21.9 Å². The summed E-state index contributed by atoms with van der Waals surface area (Å²) < 4.78 is 33.5. The number of pyridine rings is 1. The SMILES string of the molecule is CC1(C)C(/C=C/C=C/C=C2\c3ccccc3ON2CCCS(=O)(=O)O)=Nc2c1ccc[n+]2CCCCCC(=O)ON1C(=O)CCC1=O. The van der Waals surface area contributed by atoms with Gasteiger partial charge < -0.3 is 9.68 Å². The van der Waals surface area contributed by atoms with Crippen LogP contribution in [0.5, 0.6) is 5.75 Å². The first kappa shape index (κ1) is 33.7. The molecule has 0 unspecified atom stereocenters. The Bertz CT molecular complexity index is 1760. The Kier molecular flexibility index (Phi) is 10.4. The molecule has 1 saturated heterocycles. The van der Waals surface area contributed by atoms with E-state index in [0.717, 1.165) is 47.7 Å². The minimum absolute atomic E-state index is 0.0758. The first-order chi connectivity index (χ1) is 22.4. The molecule has 0 bridgehead atoms. The summed E-state index contributed by atoms with van der Waals surface area (Å²) in [4.78, 5) is 51.1. The predicted octanol–water partition coefficient (Wildman–Crippen LogP) is 4.55. The summed E-state index contributed by atoms with van der Waals surface area (Å²) in [6.07, 6.45) is 14.3. The molecular formula is C34H39N4O8S+. The highest BCUT2D eigenvalue weighted by molar-refractivity contribution is 7.85. The van der Waals surface area contributed by atoms with Gasteiger partial charge in [0.15, 0.2) is 11.5 Å². The molecule has 3 aliphatic heterocycles. The number of allylic oxidation sites excluding steroid dienone is 5. The van der Waals surface area contributed by atoms with E-state index < -0.39 is 27.9 Å². The Morgan fingerprint density at radius 2 is 1.81 bits per heavy atom. The van der Waals surface area contributed by atoms with Crippen LogP contribution >= 0.6 is 0 Å². The van der Waals surface area contributed by atoms with E-state index in [0.29, 0.717) is 23.8 Å². The van der Waals surface area contributed by atoms with Gasteiger partial charge in [-0.2, -0.15) is 8.42 Å². The molecule has 13 heteroatoms. The summed E-state index contributed by atoms with van der Waals surface area (Å²) in [6, 6.07) is 11.7. The van der Waals surface area contributed by atoms with Crippen molar-refractivity contribution in [2.45, 2.75) is 70.8 Å². The number of hydroxylamine groups is 4. The number of hydrogen-bond acceptors (Lipinski definition) is 9. The number of benzene rings is 1. The Labute approximate surface area is 274 Å². The van der Waals surface area contributed by atoms with Crippen molar-refractivity contribution in [2.75, 3.05) is 12.3 Å². The quantitative estimate of drug-likeness (QED) is 0.101. The average molecular weight is 664 g/mol. The van der Waals surface area contributed by atoms with Gasteiger partial charge in [0.2, 0.25) is 0 Å². The highest BCUT2D eigenvalue weighted by Gasteiger charge is 2.41. The number of carbonyl (C=O) groups is 3. The van der Waals surface area contributed by atoms with E-state index in [2.05, 4.69) is 24.5 Å². The molecule has 0 atom stereocenters. The molecule has 0 saturated carbocycles. The molecule has 47 heavy (non-hydrogen) atoms. The van der Waals surface area contributed by atoms with Crippen LogP contribution in [-0.2, 0) is 41.3 Å². The molecule has 2 aromatic rings. The summed E-state index contributed by atoms with van der Waals surface area (Å²) in [6.45, 7) is 5.28. The average Bonchev–Trinajstić information content (AvgIpc) is 3.62. The maximum absolute atomic E-state index is 12.1. The van der Waals surface area contributed by atoms with Crippen molar-refractivity contribution in [2.24, 2.45) is 4.99 Å². The molecule has 1 N–H and O–H groups in total. The largest absolute Gasteiger partial charge is 0.379 e. The van der Waals surface area contributed by atoms with Crippen LogP contribution in [0, 0.1) is 0 Å². The molecule has 4 heterocycles. The van der Waals surface area contributed by atoms with Gasteiger partial charge in [0.05, 0.1) is 41.7 Å². The van der Waals surface area contributed by atoms with Crippen molar-refractivity contribution in [3.05, 3.63) is 84.1 Å². The molecule has 1 aromatic heterocycles. The Morgan fingerprint density at radius 3 is 2.57 bits per heavy atom. The van der Waals surface area contributed by atoms with Gasteiger partial charge in [-0.15, -0.1) is 5.06 Å². The van der Waals surface area contributed by atoms with Crippen LogP contribution in [-0.4, -0.2) is 58.9 Å². The van der Waals surface area contributed by atoms with Crippen molar-refractivity contribution in [3.8, 4) is 5.75 Å². The number of aryl methyl sites for hydroxylation is 1. The molecule has 1 aromatic carbocycles. The summed E-state index contributed by atoms with van der Waals surface area (Å²) in [7, 11) is -4.05. The number of carbonyl (C=O) groups excluding carboxylic acids is 3. The fraction of sp³-hybridized carbons (Fsp3) is 0.382. The molecule has 2 amide bonds. The third-order valence-electron chi connectivity index (χ3n) is 8.19. The number of nitrogens with zero attached hydrogens (tertiary/aromatic N) is 4. The van der Waals surface area contributed by atoms with Crippen molar-refractivity contribution in [1.82, 2.24) is 10.1 Å². The number of amides is 2.